The number of aldehydes is 1. The summed E-state index contributed by atoms with van der Waals surface area (Å²) in [5, 5.41) is 0.707. The summed E-state index contributed by atoms with van der Waals surface area (Å²) in [5.41, 5.74) is 0.512. The molecule has 0 radical (unpaired) electrons. The van der Waals surface area contributed by atoms with Crippen LogP contribution in [0.4, 0.5) is 0 Å². The van der Waals surface area contributed by atoms with Crippen LogP contribution in [0.5, 0.6) is 0 Å². The Bertz CT molecular complexity index is 289. The van der Waals surface area contributed by atoms with Crippen molar-refractivity contribution in [1.82, 2.24) is 9.97 Å². The monoisotopic (exact) mass is 196 g/mol. The molecule has 0 aromatic carbocycles. The van der Waals surface area contributed by atoms with Gasteiger partial charge in [0.1, 0.15) is 0 Å². The Balaban J connectivity index is 2.75. The molecule has 0 fully saturated rings. The molecule has 3 nitrogen and oxygen atoms in total. The van der Waals surface area contributed by atoms with Crippen LogP contribution in [0.15, 0.2) is 17.6 Å². The third-order valence-electron chi connectivity index (χ3n) is 1.18. The van der Waals surface area contributed by atoms with Gasteiger partial charge in [-0.2, -0.15) is 0 Å². The maximum absolute atomic E-state index is 10.3. The Morgan fingerprint density at radius 1 is 1.31 bits per heavy atom. The lowest BCUT2D eigenvalue weighted by atomic mass is 10.3. The fourth-order valence-corrected chi connectivity index (χ4v) is 1.47. The quantitative estimate of drug-likeness (QED) is 0.413. The van der Waals surface area contributed by atoms with Crippen LogP contribution in [0.1, 0.15) is 31.1 Å². The average Bonchev–Trinajstić information content (AvgIpc) is 2.03. The summed E-state index contributed by atoms with van der Waals surface area (Å²) in [4.78, 5) is 18.4. The maximum Gasteiger partial charge on any atom is 0.188 e. The fourth-order valence-electron chi connectivity index (χ4n) is 0.714. The number of carbonyl (C=O) groups is 1. The summed E-state index contributed by atoms with van der Waals surface area (Å²) in [6.45, 7) is 6.28. The normalized spacial score (nSPS) is 11.3. The number of rotatable bonds is 2. The zero-order valence-electron chi connectivity index (χ0n) is 7.94. The van der Waals surface area contributed by atoms with Crippen molar-refractivity contribution >= 4 is 18.0 Å². The van der Waals surface area contributed by atoms with Crippen molar-refractivity contribution in [3.63, 3.8) is 0 Å². The number of thioether (sulfide) groups is 1. The summed E-state index contributed by atoms with van der Waals surface area (Å²) in [5.74, 6) is 0. The Morgan fingerprint density at radius 2 is 1.85 bits per heavy atom. The van der Waals surface area contributed by atoms with Gasteiger partial charge in [0.15, 0.2) is 11.4 Å². The molecule has 0 bridgehead atoms. The van der Waals surface area contributed by atoms with Gasteiger partial charge >= 0.3 is 0 Å². The van der Waals surface area contributed by atoms with Crippen LogP contribution < -0.4 is 0 Å². The molecule has 0 spiro atoms. The second kappa shape index (κ2) is 3.87. The first kappa shape index (κ1) is 10.2. The SMILES string of the molecule is CC(C)(C)Sc1ncc(C=O)cn1. The van der Waals surface area contributed by atoms with Gasteiger partial charge in [0, 0.05) is 17.1 Å². The standard InChI is InChI=1S/C9H12N2OS/c1-9(2,3)13-8-10-4-7(6-12)5-11-8/h4-6H,1-3H3. The van der Waals surface area contributed by atoms with E-state index in [0.717, 1.165) is 6.29 Å². The lowest BCUT2D eigenvalue weighted by Crippen LogP contribution is -2.08. The molecular formula is C9H12N2OS. The second-order valence-corrected chi connectivity index (χ2v) is 5.43. The van der Waals surface area contributed by atoms with Gasteiger partial charge in [0.05, 0.1) is 5.56 Å². The minimum absolute atomic E-state index is 0.0999. The zero-order valence-corrected chi connectivity index (χ0v) is 8.76. The molecule has 1 aromatic rings. The van der Waals surface area contributed by atoms with Gasteiger partial charge in [-0.15, -0.1) is 0 Å². The smallest absolute Gasteiger partial charge is 0.188 e. The first-order valence-corrected chi connectivity index (χ1v) is 4.79. The predicted octanol–water partition coefficient (Wildman–Crippen LogP) is 2.18. The highest BCUT2D eigenvalue weighted by molar-refractivity contribution is 8.00. The Hall–Kier alpha value is -0.900. The van der Waals surface area contributed by atoms with E-state index in [1.807, 2.05) is 0 Å². The van der Waals surface area contributed by atoms with Crippen LogP contribution in [0.3, 0.4) is 0 Å². The highest BCUT2D eigenvalue weighted by atomic mass is 32.2. The molecular weight excluding hydrogens is 184 g/mol. The molecule has 0 aliphatic rings. The highest BCUT2D eigenvalue weighted by Crippen LogP contribution is 2.28. The van der Waals surface area contributed by atoms with Crippen LogP contribution in [-0.2, 0) is 0 Å². The molecule has 0 saturated heterocycles. The topological polar surface area (TPSA) is 42.9 Å². The minimum Gasteiger partial charge on any atom is -0.298 e. The molecule has 0 amide bonds. The van der Waals surface area contributed by atoms with Crippen molar-refractivity contribution in [1.29, 1.82) is 0 Å². The molecule has 70 valence electrons. The highest BCUT2D eigenvalue weighted by Gasteiger charge is 2.13. The maximum atomic E-state index is 10.3. The predicted molar refractivity (Wildman–Crippen MR) is 53.0 cm³/mol. The van der Waals surface area contributed by atoms with Crippen molar-refractivity contribution in [2.45, 2.75) is 30.7 Å². The van der Waals surface area contributed by atoms with Crippen molar-refractivity contribution in [2.24, 2.45) is 0 Å². The van der Waals surface area contributed by atoms with Crippen LogP contribution >= 0.6 is 11.8 Å². The molecule has 1 heterocycles. The fraction of sp³-hybridized carbons (Fsp3) is 0.444. The van der Waals surface area contributed by atoms with E-state index in [-0.39, 0.29) is 4.75 Å². The number of hydrogen-bond donors (Lipinski definition) is 0. The molecule has 0 aliphatic heterocycles. The summed E-state index contributed by atoms with van der Waals surface area (Å²) in [6, 6.07) is 0. The van der Waals surface area contributed by atoms with Crippen molar-refractivity contribution in [2.75, 3.05) is 0 Å². The Morgan fingerprint density at radius 3 is 2.23 bits per heavy atom. The largest absolute Gasteiger partial charge is 0.298 e. The first-order valence-electron chi connectivity index (χ1n) is 3.97. The van der Waals surface area contributed by atoms with Crippen molar-refractivity contribution < 1.29 is 4.79 Å². The third-order valence-corrected chi connectivity index (χ3v) is 2.19. The number of carbonyl (C=O) groups excluding carboxylic acids is 1. The molecule has 0 unspecified atom stereocenters. The number of aromatic nitrogens is 2. The molecule has 0 aliphatic carbocycles. The van der Waals surface area contributed by atoms with E-state index < -0.39 is 0 Å². The average molecular weight is 196 g/mol. The second-order valence-electron chi connectivity index (χ2n) is 3.63. The van der Waals surface area contributed by atoms with Crippen molar-refractivity contribution in [3.8, 4) is 0 Å². The van der Waals surface area contributed by atoms with Gasteiger partial charge in [0.2, 0.25) is 0 Å². The van der Waals surface area contributed by atoms with Gasteiger partial charge in [-0.05, 0) is 0 Å². The van der Waals surface area contributed by atoms with Gasteiger partial charge in [-0.1, -0.05) is 32.5 Å². The van der Waals surface area contributed by atoms with E-state index in [1.165, 1.54) is 12.4 Å². The van der Waals surface area contributed by atoms with Gasteiger partial charge < -0.3 is 0 Å². The third kappa shape index (κ3) is 3.55. The van der Waals surface area contributed by atoms with Gasteiger partial charge in [0.25, 0.3) is 0 Å². The van der Waals surface area contributed by atoms with E-state index in [4.69, 9.17) is 0 Å². The molecule has 1 rings (SSSR count). The lowest BCUT2D eigenvalue weighted by Gasteiger charge is -2.15. The Kier molecular flexibility index (Phi) is 3.03. The minimum atomic E-state index is 0.0999. The van der Waals surface area contributed by atoms with Crippen molar-refractivity contribution in [3.05, 3.63) is 18.0 Å². The lowest BCUT2D eigenvalue weighted by molar-refractivity contribution is 0.112. The van der Waals surface area contributed by atoms with E-state index in [0.29, 0.717) is 10.7 Å². The van der Waals surface area contributed by atoms with E-state index in [2.05, 4.69) is 30.7 Å². The number of hydrogen-bond acceptors (Lipinski definition) is 4. The summed E-state index contributed by atoms with van der Waals surface area (Å²) in [6.07, 6.45) is 3.81. The molecule has 4 heteroatoms. The zero-order chi connectivity index (χ0) is 9.90. The van der Waals surface area contributed by atoms with Crippen LogP contribution in [0.25, 0.3) is 0 Å². The summed E-state index contributed by atoms with van der Waals surface area (Å²) in [7, 11) is 0. The molecule has 0 saturated carbocycles. The van der Waals surface area contributed by atoms with Gasteiger partial charge in [-0.25, -0.2) is 9.97 Å². The van der Waals surface area contributed by atoms with E-state index in [1.54, 1.807) is 11.8 Å². The molecule has 0 atom stereocenters. The van der Waals surface area contributed by atoms with Crippen LogP contribution in [-0.4, -0.2) is 21.0 Å². The molecule has 1 aromatic heterocycles. The number of nitrogens with zero attached hydrogens (tertiary/aromatic N) is 2. The van der Waals surface area contributed by atoms with E-state index in [9.17, 15) is 4.79 Å². The molecule has 0 N–H and O–H groups in total. The Labute approximate surface area is 82.0 Å². The molecule has 13 heavy (non-hydrogen) atoms. The summed E-state index contributed by atoms with van der Waals surface area (Å²) >= 11 is 1.58. The van der Waals surface area contributed by atoms with Crippen LogP contribution in [0, 0.1) is 0 Å². The van der Waals surface area contributed by atoms with Gasteiger partial charge in [-0.3, -0.25) is 4.79 Å². The first-order chi connectivity index (χ1) is 6.01. The van der Waals surface area contributed by atoms with E-state index >= 15 is 0 Å². The van der Waals surface area contributed by atoms with Crippen LogP contribution in [0.2, 0.25) is 0 Å². The summed E-state index contributed by atoms with van der Waals surface area (Å²) < 4.78 is 0.0999.